The van der Waals surface area contributed by atoms with Crippen molar-refractivity contribution in [3.8, 4) is 72.4 Å². The van der Waals surface area contributed by atoms with Gasteiger partial charge in [-0.15, -0.1) is 0 Å². The van der Waals surface area contributed by atoms with Crippen LogP contribution in [0.2, 0.25) is 0 Å². The Morgan fingerprint density at radius 1 is 0.179 bits per heavy atom. The third-order valence-electron chi connectivity index (χ3n) is 22.7. The quantitative estimate of drug-likeness (QED) is 0.117. The van der Waals surface area contributed by atoms with E-state index in [0.29, 0.717) is 0 Å². The molecular weight excluding hydrogens is 1480 g/mol. The van der Waals surface area contributed by atoms with Crippen LogP contribution in [-0.2, 0) is 0 Å². The van der Waals surface area contributed by atoms with Gasteiger partial charge in [0.25, 0.3) is 0 Å². The molecule has 2 heterocycles. The van der Waals surface area contributed by atoms with Gasteiger partial charge >= 0.3 is 0 Å². The van der Waals surface area contributed by atoms with E-state index in [1.54, 1.807) is 0 Å². The van der Waals surface area contributed by atoms with Crippen molar-refractivity contribution in [2.24, 2.45) is 0 Å². The van der Waals surface area contributed by atoms with Gasteiger partial charge in [0.05, 0.1) is 11.0 Å². The summed E-state index contributed by atoms with van der Waals surface area (Å²) in [6, 6.07) is 165. The highest BCUT2D eigenvalue weighted by Gasteiger charge is 2.22. The fourth-order valence-corrected chi connectivity index (χ4v) is 17.6. The summed E-state index contributed by atoms with van der Waals surface area (Å²) < 4.78 is 3.51. The van der Waals surface area contributed by atoms with Crippen LogP contribution in [-0.4, -0.2) is 9.55 Å². The second kappa shape index (κ2) is 31.6. The number of H-pyrrole nitrogens is 1. The molecule has 0 saturated carbocycles. The molecule has 0 atom stereocenters. The molecule has 552 valence electrons. The summed E-state index contributed by atoms with van der Waals surface area (Å²) in [4.78, 5) is 8.10. The smallest absolute Gasteiger partial charge is 0.0541 e. The molecule has 20 aromatic carbocycles. The number of benzene rings is 20. The van der Waals surface area contributed by atoms with Crippen LogP contribution in [0.25, 0.3) is 159 Å². The number of aromatic amines is 1. The molecule has 22 aromatic rings. The lowest BCUT2D eigenvalue weighted by molar-refractivity contribution is 1.18. The number of rotatable bonds is 13. The zero-order valence-corrected chi connectivity index (χ0v) is 65.7. The number of anilines is 6. The van der Waals surface area contributed by atoms with Crippen LogP contribution in [0.15, 0.2) is 466 Å². The van der Waals surface area contributed by atoms with E-state index in [0.717, 1.165) is 44.3 Å². The summed E-state index contributed by atoms with van der Waals surface area (Å²) in [5.41, 5.74) is 27.6. The molecule has 0 radical (unpaired) electrons. The van der Waals surface area contributed by atoms with E-state index in [-0.39, 0.29) is 0 Å². The molecule has 0 aliphatic rings. The second-order valence-corrected chi connectivity index (χ2v) is 30.5. The van der Waals surface area contributed by atoms with Gasteiger partial charge in [0.1, 0.15) is 0 Å². The van der Waals surface area contributed by atoms with Gasteiger partial charge in [-0.1, -0.05) is 344 Å². The third kappa shape index (κ3) is 13.7. The number of aromatic nitrogens is 2. The Labute approximate surface area is 689 Å². The number of halogens is 1. The van der Waals surface area contributed by atoms with Gasteiger partial charge < -0.3 is 19.4 Å². The first-order chi connectivity index (χ1) is 58.0. The third-order valence-corrected chi connectivity index (χ3v) is 23.2. The fraction of sp³-hybridized carbons (Fsp3) is 0. The highest BCUT2D eigenvalue weighted by molar-refractivity contribution is 9.10. The first kappa shape index (κ1) is 71.2. The van der Waals surface area contributed by atoms with Gasteiger partial charge in [0.15, 0.2) is 0 Å². The molecule has 0 saturated heterocycles. The Balaban J connectivity index is 0.000000125. The molecule has 4 nitrogen and oxygen atoms in total. The topological polar surface area (TPSA) is 27.2 Å². The molecule has 1 N–H and O–H groups in total. The first-order valence-electron chi connectivity index (χ1n) is 39.9. The van der Waals surface area contributed by atoms with Crippen molar-refractivity contribution in [3.63, 3.8) is 0 Å². The van der Waals surface area contributed by atoms with Crippen molar-refractivity contribution < 1.29 is 0 Å². The maximum atomic E-state index is 3.56. The lowest BCUT2D eigenvalue weighted by Crippen LogP contribution is -2.09. The van der Waals surface area contributed by atoms with E-state index in [1.807, 2.05) is 0 Å². The van der Waals surface area contributed by atoms with Gasteiger partial charge in [0.2, 0.25) is 0 Å². The Hall–Kier alpha value is -14.9. The summed E-state index contributed by atoms with van der Waals surface area (Å²) >= 11 is 3.56. The number of hydrogen-bond acceptors (Lipinski definition) is 2. The van der Waals surface area contributed by atoms with Gasteiger partial charge in [-0.3, -0.25) is 0 Å². The van der Waals surface area contributed by atoms with E-state index >= 15 is 0 Å². The van der Waals surface area contributed by atoms with E-state index < -0.39 is 0 Å². The molecule has 0 aliphatic carbocycles. The van der Waals surface area contributed by atoms with Crippen molar-refractivity contribution in [1.29, 1.82) is 0 Å². The average molecular weight is 1560 g/mol. The zero-order valence-electron chi connectivity index (χ0n) is 64.1. The maximum absolute atomic E-state index is 3.56. The molecule has 0 unspecified atom stereocenters. The number of nitrogens with zero attached hydrogens (tertiary/aromatic N) is 3. The van der Waals surface area contributed by atoms with E-state index in [9.17, 15) is 0 Å². The molecule has 0 spiro atoms. The normalized spacial score (nSPS) is 11.3. The number of hydrogen-bond donors (Lipinski definition) is 1. The van der Waals surface area contributed by atoms with Crippen molar-refractivity contribution in [3.05, 3.63) is 466 Å². The summed E-state index contributed by atoms with van der Waals surface area (Å²) in [6.45, 7) is 0. The molecular formula is C112H77BrN4. The van der Waals surface area contributed by atoms with Crippen molar-refractivity contribution in [2.75, 3.05) is 9.80 Å². The summed E-state index contributed by atoms with van der Waals surface area (Å²) in [6.07, 6.45) is 0. The minimum absolute atomic E-state index is 1.10. The van der Waals surface area contributed by atoms with Gasteiger partial charge in [-0.25, -0.2) is 0 Å². The minimum Gasteiger partial charge on any atom is -0.355 e. The van der Waals surface area contributed by atoms with Crippen LogP contribution in [0.1, 0.15) is 0 Å². The van der Waals surface area contributed by atoms with Crippen LogP contribution >= 0.6 is 15.9 Å². The minimum atomic E-state index is 1.10. The molecule has 0 bridgehead atoms. The predicted octanol–water partition coefficient (Wildman–Crippen LogP) is 32.1. The van der Waals surface area contributed by atoms with Crippen LogP contribution in [0, 0.1) is 0 Å². The standard InChI is InChI=1S/C56H38N2.C30H22N2.C26H17Br/c1-4-16-40(17-5-1)55-48-23-10-12-25-50(48)56(51-26-13-11-24-49(51)55)41-30-35-46(36-31-41)58-53-27-15-14-22-47(53)52-38-42(32-37-54(52)58)39-28-33-45(34-29-39)57(43-18-6-2-7-19-43)44-20-8-3-9-21-44;1-3-9-24(10-4-1)32(25-11-5-2-6-12-25)26-18-15-22(16-19-26)23-17-20-30-28(21-23)27-13-7-8-14-29(27)31-30;27-20-16-14-19(15-17-20)26-23-12-6-4-10-21(23)25(18-8-2-1-3-9-18)22-11-5-7-13-24(22)26/h1-38H;1-21,31H;1-17H. The molecule has 2 aromatic heterocycles. The van der Waals surface area contributed by atoms with Gasteiger partial charge in [-0.05, 0) is 243 Å². The van der Waals surface area contributed by atoms with E-state index in [1.165, 1.54) is 153 Å². The highest BCUT2D eigenvalue weighted by atomic mass is 79.9. The van der Waals surface area contributed by atoms with Gasteiger partial charge in [-0.2, -0.15) is 0 Å². The lowest BCUT2D eigenvalue weighted by Gasteiger charge is -2.25. The van der Waals surface area contributed by atoms with Crippen LogP contribution in [0.3, 0.4) is 0 Å². The van der Waals surface area contributed by atoms with E-state index in [2.05, 4.69) is 496 Å². The van der Waals surface area contributed by atoms with Crippen LogP contribution in [0.5, 0.6) is 0 Å². The first-order valence-corrected chi connectivity index (χ1v) is 40.7. The molecule has 0 amide bonds. The summed E-state index contributed by atoms with van der Waals surface area (Å²) in [5.74, 6) is 0. The second-order valence-electron chi connectivity index (χ2n) is 29.6. The average Bonchev–Trinajstić information content (AvgIpc) is 1.63. The Kier molecular flexibility index (Phi) is 19.2. The SMILES string of the molecule is Brc1ccc(-c2c3ccccc3c(-c3ccccc3)c3ccccc23)cc1.c1ccc(-c2c3ccccc3c(-c3ccc(-n4c5ccccc5c5cc(-c6ccc(N(c7ccccc7)c7ccccc7)cc6)ccc54)cc3)c3ccccc23)cc1.c1ccc(N(c2ccccc2)c2ccc(-c3ccc4[nH]c5ccccc5c4c3)cc2)cc1. The van der Waals surface area contributed by atoms with Crippen molar-refractivity contribution >= 4 is 137 Å². The molecule has 117 heavy (non-hydrogen) atoms. The summed E-state index contributed by atoms with van der Waals surface area (Å²) in [5, 5.41) is 15.2. The van der Waals surface area contributed by atoms with Crippen LogP contribution < -0.4 is 9.80 Å². The largest absolute Gasteiger partial charge is 0.355 e. The predicted molar refractivity (Wildman–Crippen MR) is 503 cm³/mol. The number of nitrogens with one attached hydrogen (secondary N) is 1. The molecule has 0 fully saturated rings. The maximum Gasteiger partial charge on any atom is 0.0541 e. The van der Waals surface area contributed by atoms with Crippen LogP contribution in [0.4, 0.5) is 34.1 Å². The van der Waals surface area contributed by atoms with Crippen molar-refractivity contribution in [1.82, 2.24) is 9.55 Å². The van der Waals surface area contributed by atoms with Crippen molar-refractivity contribution in [2.45, 2.75) is 0 Å². The van der Waals surface area contributed by atoms with Gasteiger partial charge in [0, 0.05) is 76.9 Å². The monoisotopic (exact) mass is 1560 g/mol. The molecule has 22 rings (SSSR count). The summed E-state index contributed by atoms with van der Waals surface area (Å²) in [7, 11) is 0. The number of fused-ring (bicyclic) bond motifs is 10. The number of para-hydroxylation sites is 6. The fourth-order valence-electron chi connectivity index (χ4n) is 17.4. The Morgan fingerprint density at radius 3 is 0.838 bits per heavy atom. The molecule has 0 aliphatic heterocycles. The highest BCUT2D eigenvalue weighted by Crippen LogP contribution is 2.48. The lowest BCUT2D eigenvalue weighted by atomic mass is 9.86. The zero-order chi connectivity index (χ0) is 78.0. The molecule has 5 heteroatoms. The Bertz CT molecular complexity index is 7120. The Morgan fingerprint density at radius 2 is 0.444 bits per heavy atom. The van der Waals surface area contributed by atoms with E-state index in [4.69, 9.17) is 0 Å².